The predicted molar refractivity (Wildman–Crippen MR) is 98.2 cm³/mol. The topological polar surface area (TPSA) is 46.3 Å². The van der Waals surface area contributed by atoms with Crippen molar-refractivity contribution in [2.75, 3.05) is 13.3 Å². The van der Waals surface area contributed by atoms with Gasteiger partial charge in [0, 0.05) is 23.1 Å². The van der Waals surface area contributed by atoms with Gasteiger partial charge in [0.15, 0.2) is 11.5 Å². The van der Waals surface area contributed by atoms with Crippen molar-refractivity contribution < 1.29 is 21.9 Å². The molecule has 2 N–H and O–H groups in total. The average Bonchev–Trinajstić information content (AvgIpc) is 3.25. The maximum absolute atomic E-state index is 5.51. The molecule has 26 heavy (non-hydrogen) atoms. The van der Waals surface area contributed by atoms with Gasteiger partial charge in [-0.15, -0.1) is 0 Å². The average molecular weight is 370 g/mol. The van der Waals surface area contributed by atoms with E-state index in [1.54, 1.807) is 0 Å². The summed E-state index contributed by atoms with van der Waals surface area (Å²) < 4.78 is 10.9. The number of nitrogens with one attached hydrogen (secondary N) is 2. The molecule has 5 rings (SSSR count). The van der Waals surface area contributed by atoms with E-state index in [9.17, 15) is 0 Å². The fourth-order valence-electron chi connectivity index (χ4n) is 4.19. The highest BCUT2D eigenvalue weighted by Crippen LogP contribution is 2.37. The number of fused-ring (bicyclic) bond motifs is 4. The molecule has 0 bridgehead atoms. The second-order valence-corrected chi connectivity index (χ2v) is 7.22. The van der Waals surface area contributed by atoms with Crippen molar-refractivity contribution in [1.82, 2.24) is 10.3 Å². The minimum atomic E-state index is -0.0387. The summed E-state index contributed by atoms with van der Waals surface area (Å²) in [5.41, 5.74) is 5.31. The number of hydrogen-bond donors (Lipinski definition) is 2. The van der Waals surface area contributed by atoms with Gasteiger partial charge in [0.05, 0.1) is 5.54 Å². The largest absolute Gasteiger partial charge is 1.00 e. The van der Waals surface area contributed by atoms with Crippen molar-refractivity contribution in [3.8, 4) is 11.5 Å². The number of halogens is 1. The van der Waals surface area contributed by atoms with E-state index >= 15 is 0 Å². The first-order valence-corrected chi connectivity index (χ1v) is 8.97. The fraction of sp³-hybridized carbons (Fsp3) is 0.333. The number of aryl methyl sites for hydroxylation is 1. The Hall–Kier alpha value is -2.17. The highest BCUT2D eigenvalue weighted by atomic mass is 35.5. The van der Waals surface area contributed by atoms with Gasteiger partial charge in [0.2, 0.25) is 6.79 Å². The third kappa shape index (κ3) is 2.74. The molecule has 3 heterocycles. The van der Waals surface area contributed by atoms with Crippen molar-refractivity contribution in [1.29, 1.82) is 0 Å². The SMILES string of the molecule is CC1(CCc2ccc3c(c2)OCO3)NCCc2c1[nH]c1ccccc21.[Cl-]. The number of H-pyrrole nitrogens is 1. The van der Waals surface area contributed by atoms with Gasteiger partial charge in [0.25, 0.3) is 0 Å². The molecule has 0 aliphatic carbocycles. The van der Waals surface area contributed by atoms with E-state index in [1.807, 2.05) is 6.07 Å². The lowest BCUT2D eigenvalue weighted by Crippen LogP contribution is -3.00. The second-order valence-electron chi connectivity index (χ2n) is 7.22. The molecule has 2 aliphatic heterocycles. The van der Waals surface area contributed by atoms with Crippen molar-refractivity contribution in [2.45, 2.75) is 31.7 Å². The Morgan fingerprint density at radius 2 is 1.92 bits per heavy atom. The van der Waals surface area contributed by atoms with E-state index in [-0.39, 0.29) is 17.9 Å². The van der Waals surface area contributed by atoms with E-state index < -0.39 is 0 Å². The predicted octanol–water partition coefficient (Wildman–Crippen LogP) is 0.894. The molecule has 0 amide bonds. The van der Waals surface area contributed by atoms with E-state index in [0.717, 1.165) is 37.3 Å². The number of ether oxygens (including phenoxy) is 2. The van der Waals surface area contributed by atoms with Crippen LogP contribution in [0, 0.1) is 0 Å². The van der Waals surface area contributed by atoms with Gasteiger partial charge in [-0.2, -0.15) is 0 Å². The van der Waals surface area contributed by atoms with Crippen LogP contribution in [-0.2, 0) is 18.4 Å². The molecule has 0 saturated heterocycles. The van der Waals surface area contributed by atoms with Crippen LogP contribution in [0.15, 0.2) is 42.5 Å². The fourth-order valence-corrected chi connectivity index (χ4v) is 4.19. The Labute approximate surface area is 159 Å². The molecule has 5 heteroatoms. The van der Waals surface area contributed by atoms with Crippen molar-refractivity contribution >= 4 is 10.9 Å². The number of benzene rings is 2. The molecule has 2 aliphatic rings. The maximum Gasteiger partial charge on any atom is 0.231 e. The number of rotatable bonds is 3. The third-order valence-corrected chi connectivity index (χ3v) is 5.61. The number of aromatic nitrogens is 1. The van der Waals surface area contributed by atoms with Crippen molar-refractivity contribution in [3.05, 3.63) is 59.3 Å². The molecule has 0 spiro atoms. The summed E-state index contributed by atoms with van der Waals surface area (Å²) in [5, 5.41) is 5.12. The normalized spacial score (nSPS) is 20.7. The lowest BCUT2D eigenvalue weighted by atomic mass is 9.84. The van der Waals surface area contributed by atoms with E-state index in [2.05, 4.69) is 53.6 Å². The minimum absolute atomic E-state index is 0. The monoisotopic (exact) mass is 369 g/mol. The first kappa shape index (κ1) is 17.3. The molecular formula is C21H22ClN2O2-. The second kappa shape index (κ2) is 6.53. The van der Waals surface area contributed by atoms with Gasteiger partial charge in [-0.3, -0.25) is 0 Å². The number of para-hydroxylation sites is 1. The lowest BCUT2D eigenvalue weighted by Gasteiger charge is -2.35. The Morgan fingerprint density at radius 1 is 1.08 bits per heavy atom. The van der Waals surface area contributed by atoms with Crippen LogP contribution in [0.5, 0.6) is 11.5 Å². The Bertz CT molecular complexity index is 952. The van der Waals surface area contributed by atoms with Crippen LogP contribution in [0.4, 0.5) is 0 Å². The number of hydrogen-bond acceptors (Lipinski definition) is 3. The van der Waals surface area contributed by atoms with Crippen molar-refractivity contribution in [3.63, 3.8) is 0 Å². The van der Waals surface area contributed by atoms with Crippen LogP contribution in [0.3, 0.4) is 0 Å². The molecule has 0 saturated carbocycles. The zero-order chi connectivity index (χ0) is 16.9. The van der Waals surface area contributed by atoms with Gasteiger partial charge in [-0.1, -0.05) is 24.3 Å². The Morgan fingerprint density at radius 3 is 2.85 bits per heavy atom. The zero-order valence-electron chi connectivity index (χ0n) is 14.8. The standard InChI is InChI=1S/C21H22N2O2.ClH/c1-21(10-8-14-6-7-18-19(12-14)25-13-24-18)20-16(9-11-22-21)15-4-2-3-5-17(15)23-20;/h2-7,12,22-23H,8-11,13H2,1H3;1H/p-1. The first-order chi connectivity index (χ1) is 12.2. The highest BCUT2D eigenvalue weighted by molar-refractivity contribution is 5.85. The molecular weight excluding hydrogens is 348 g/mol. The highest BCUT2D eigenvalue weighted by Gasteiger charge is 2.34. The van der Waals surface area contributed by atoms with E-state index in [4.69, 9.17) is 9.47 Å². The molecule has 1 atom stereocenters. The summed E-state index contributed by atoms with van der Waals surface area (Å²) in [6.07, 6.45) is 3.11. The van der Waals surface area contributed by atoms with Crippen LogP contribution >= 0.6 is 0 Å². The molecule has 3 aromatic rings. The zero-order valence-corrected chi connectivity index (χ0v) is 15.5. The molecule has 136 valence electrons. The van der Waals surface area contributed by atoms with Crippen molar-refractivity contribution in [2.24, 2.45) is 0 Å². The van der Waals surface area contributed by atoms with Crippen LogP contribution in [-0.4, -0.2) is 18.3 Å². The number of aromatic amines is 1. The molecule has 1 aromatic heterocycles. The van der Waals surface area contributed by atoms with Gasteiger partial charge in [-0.05, 0) is 55.5 Å². The summed E-state index contributed by atoms with van der Waals surface area (Å²) in [7, 11) is 0. The lowest BCUT2D eigenvalue weighted by molar-refractivity contribution is -0.00000687. The molecule has 0 radical (unpaired) electrons. The molecule has 0 fully saturated rings. The summed E-state index contributed by atoms with van der Waals surface area (Å²) in [6.45, 7) is 3.66. The van der Waals surface area contributed by atoms with E-state index in [0.29, 0.717) is 6.79 Å². The third-order valence-electron chi connectivity index (χ3n) is 5.61. The Balaban J connectivity index is 0.00000168. The maximum atomic E-state index is 5.51. The first-order valence-electron chi connectivity index (χ1n) is 8.97. The van der Waals surface area contributed by atoms with Gasteiger partial charge >= 0.3 is 0 Å². The van der Waals surface area contributed by atoms with Gasteiger partial charge < -0.3 is 32.2 Å². The van der Waals surface area contributed by atoms with Gasteiger partial charge in [0.1, 0.15) is 0 Å². The van der Waals surface area contributed by atoms with Crippen LogP contribution in [0.25, 0.3) is 10.9 Å². The quantitative estimate of drug-likeness (QED) is 0.721. The van der Waals surface area contributed by atoms with Crippen LogP contribution in [0.1, 0.15) is 30.2 Å². The summed E-state index contributed by atoms with van der Waals surface area (Å²) in [6, 6.07) is 14.9. The van der Waals surface area contributed by atoms with Crippen LogP contribution in [0.2, 0.25) is 0 Å². The Kier molecular flexibility index (Phi) is 4.33. The minimum Gasteiger partial charge on any atom is -1.00 e. The summed E-state index contributed by atoms with van der Waals surface area (Å²) in [4.78, 5) is 3.68. The summed E-state index contributed by atoms with van der Waals surface area (Å²) >= 11 is 0. The molecule has 2 aromatic carbocycles. The molecule has 1 unspecified atom stereocenters. The smallest absolute Gasteiger partial charge is 0.231 e. The molecule has 4 nitrogen and oxygen atoms in total. The van der Waals surface area contributed by atoms with Crippen LogP contribution < -0.4 is 27.2 Å². The van der Waals surface area contributed by atoms with Gasteiger partial charge in [-0.25, -0.2) is 0 Å². The summed E-state index contributed by atoms with van der Waals surface area (Å²) in [5.74, 6) is 1.72. The van der Waals surface area contributed by atoms with E-state index in [1.165, 1.54) is 27.7 Å².